The Kier molecular flexibility index (Phi) is 9.50. The van der Waals surface area contributed by atoms with Crippen molar-refractivity contribution in [2.45, 2.75) is 13.3 Å². The number of carboxylic acid groups (broad SMARTS) is 1. The molecular formula is C22H26N2O9S2. The Hall–Kier alpha value is -3.52. The third kappa shape index (κ3) is 7.23. The highest BCUT2D eigenvalue weighted by Crippen LogP contribution is 2.36. The number of nitrogens with one attached hydrogen (secondary N) is 1. The lowest BCUT2D eigenvalue weighted by atomic mass is 9.82. The normalized spacial score (nSPS) is 22.9. The summed E-state index contributed by atoms with van der Waals surface area (Å²) in [5.41, 5.74) is 5.29. The van der Waals surface area contributed by atoms with Crippen molar-refractivity contribution in [3.05, 3.63) is 93.7 Å². The largest absolute Gasteiger partial charge is 0.486 e. The molecule has 0 aromatic heterocycles. The first-order valence-corrected chi connectivity index (χ1v) is 12.5. The zero-order chi connectivity index (χ0) is 27.3. The van der Waals surface area contributed by atoms with Gasteiger partial charge in [0, 0.05) is 11.8 Å². The second-order valence-electron chi connectivity index (χ2n) is 7.38. The molecule has 0 fully saturated rings. The minimum atomic E-state index is -5.13. The van der Waals surface area contributed by atoms with Crippen LogP contribution in [0.15, 0.2) is 93.7 Å². The lowest BCUT2D eigenvalue weighted by molar-refractivity contribution is -0.140. The highest BCUT2D eigenvalue weighted by molar-refractivity contribution is 7.90. The minimum Gasteiger partial charge on any atom is -0.486 e. The zero-order valence-electron chi connectivity index (χ0n) is 18.8. The molecule has 11 nitrogen and oxygen atoms in total. The van der Waals surface area contributed by atoms with Crippen LogP contribution in [0.4, 0.5) is 0 Å². The van der Waals surface area contributed by atoms with E-state index in [4.69, 9.17) is 15.9 Å². The van der Waals surface area contributed by atoms with E-state index in [2.05, 4.69) is 26.3 Å². The molecule has 0 amide bonds. The standard InChI is InChI=1S/C22H26N2O9S2/c1-6-15-20(14(5)16(22(25)26)9-12(2)3)13(4)7-8-17(24)19(35(30,31)32)11-33-21(15)18(10-23)34(27,28)29/h6-8,10,16,23H,1-2,4-5,9,11,24H2,3H3,(H,25,26)(H,27,28,29)(H,30,31,32)/b8-7-,19-17-,20-15+,21-18-,23-10?. The number of hydrogen-bond donors (Lipinski definition) is 5. The number of hydrogen-bond acceptors (Lipinski definition) is 8. The number of allylic oxidation sites excluding steroid dienone is 7. The van der Waals surface area contributed by atoms with Crippen molar-refractivity contribution in [1.82, 2.24) is 0 Å². The van der Waals surface area contributed by atoms with E-state index in [1.54, 1.807) is 6.92 Å². The molecule has 1 atom stereocenters. The number of carboxylic acids is 1. The van der Waals surface area contributed by atoms with E-state index in [1.165, 1.54) is 6.08 Å². The predicted molar refractivity (Wildman–Crippen MR) is 131 cm³/mol. The molecule has 0 saturated heterocycles. The van der Waals surface area contributed by atoms with Gasteiger partial charge in [0.15, 0.2) is 4.91 Å². The minimum absolute atomic E-state index is 0.0295. The van der Waals surface area contributed by atoms with E-state index in [0.29, 0.717) is 5.57 Å². The molecule has 1 heterocycles. The fourth-order valence-corrected chi connectivity index (χ4v) is 4.22. The molecule has 0 bridgehead atoms. The smallest absolute Gasteiger partial charge is 0.311 e. The third-order valence-corrected chi connectivity index (χ3v) is 6.54. The molecule has 0 spiro atoms. The second-order valence-corrected chi connectivity index (χ2v) is 10.2. The van der Waals surface area contributed by atoms with E-state index in [0.717, 1.165) is 12.2 Å². The maximum atomic E-state index is 12.0. The molecule has 6 N–H and O–H groups in total. The van der Waals surface area contributed by atoms with Gasteiger partial charge in [-0.2, -0.15) is 16.8 Å². The van der Waals surface area contributed by atoms with Crippen molar-refractivity contribution in [3.63, 3.8) is 0 Å². The summed E-state index contributed by atoms with van der Waals surface area (Å²) in [7, 11) is -10.1. The van der Waals surface area contributed by atoms with E-state index < -0.39 is 60.0 Å². The summed E-state index contributed by atoms with van der Waals surface area (Å²) in [5, 5.41) is 17.3. The van der Waals surface area contributed by atoms with Gasteiger partial charge >= 0.3 is 5.97 Å². The van der Waals surface area contributed by atoms with E-state index in [-0.39, 0.29) is 34.9 Å². The molecule has 0 saturated carbocycles. The molecule has 0 aromatic carbocycles. The van der Waals surface area contributed by atoms with Crippen molar-refractivity contribution in [1.29, 1.82) is 5.41 Å². The first kappa shape index (κ1) is 29.5. The lowest BCUT2D eigenvalue weighted by Gasteiger charge is -2.24. The van der Waals surface area contributed by atoms with E-state index >= 15 is 0 Å². The van der Waals surface area contributed by atoms with Crippen LogP contribution < -0.4 is 5.73 Å². The van der Waals surface area contributed by atoms with Crippen molar-refractivity contribution >= 4 is 32.4 Å². The van der Waals surface area contributed by atoms with Crippen molar-refractivity contribution in [3.8, 4) is 0 Å². The number of aliphatic carboxylic acids is 1. The first-order chi connectivity index (χ1) is 16.0. The monoisotopic (exact) mass is 526 g/mol. The summed E-state index contributed by atoms with van der Waals surface area (Å²) in [4.78, 5) is 10.0. The quantitative estimate of drug-likeness (QED) is 0.169. The van der Waals surface area contributed by atoms with Gasteiger partial charge in [0.2, 0.25) is 0 Å². The molecule has 0 aliphatic carbocycles. The molecule has 1 rings (SSSR count). The van der Waals surface area contributed by atoms with Crippen molar-refractivity contribution < 1.29 is 40.6 Å². The molecular weight excluding hydrogens is 500 g/mol. The van der Waals surface area contributed by atoms with Gasteiger partial charge in [-0.15, -0.1) is 6.58 Å². The van der Waals surface area contributed by atoms with E-state index in [1.807, 2.05) is 0 Å². The van der Waals surface area contributed by atoms with Gasteiger partial charge in [-0.25, -0.2) is 0 Å². The first-order valence-electron chi connectivity index (χ1n) is 9.59. The third-order valence-electron chi connectivity index (χ3n) is 4.71. The maximum absolute atomic E-state index is 12.0. The number of nitrogens with two attached hydrogens (primary N) is 1. The van der Waals surface area contributed by atoms with Gasteiger partial charge < -0.3 is 21.0 Å². The fraction of sp³-hybridized carbons (Fsp3) is 0.182. The molecule has 0 radical (unpaired) electrons. The van der Waals surface area contributed by atoms with Gasteiger partial charge in [-0.1, -0.05) is 37.5 Å². The second kappa shape index (κ2) is 11.3. The van der Waals surface area contributed by atoms with Gasteiger partial charge in [0.05, 0.1) is 11.6 Å². The molecule has 1 unspecified atom stereocenters. The summed E-state index contributed by atoms with van der Waals surface area (Å²) in [5.74, 6) is -3.33. The Labute approximate surface area is 203 Å². The molecule has 190 valence electrons. The summed E-state index contributed by atoms with van der Waals surface area (Å²) in [6, 6.07) is 0. The van der Waals surface area contributed by atoms with Crippen molar-refractivity contribution in [2.75, 3.05) is 6.61 Å². The average molecular weight is 527 g/mol. The van der Waals surface area contributed by atoms with Crippen LogP contribution >= 0.6 is 0 Å². The fourth-order valence-electron chi connectivity index (χ4n) is 3.09. The molecule has 1 aliphatic heterocycles. The lowest BCUT2D eigenvalue weighted by Crippen LogP contribution is -2.21. The van der Waals surface area contributed by atoms with Crippen LogP contribution in [0.5, 0.6) is 0 Å². The summed E-state index contributed by atoms with van der Waals surface area (Å²) in [6.45, 7) is 15.5. The Morgan fingerprint density at radius 3 is 2.23 bits per heavy atom. The summed E-state index contributed by atoms with van der Waals surface area (Å²) in [6.07, 6.45) is 3.45. The van der Waals surface area contributed by atoms with Gasteiger partial charge in [0.25, 0.3) is 20.2 Å². The number of ether oxygens (including phenoxy) is 1. The molecule has 0 aromatic rings. The highest BCUT2D eigenvalue weighted by Gasteiger charge is 2.31. The van der Waals surface area contributed by atoms with Gasteiger partial charge in [0.1, 0.15) is 17.3 Å². The molecule has 1 aliphatic rings. The van der Waals surface area contributed by atoms with Crippen molar-refractivity contribution in [2.24, 2.45) is 11.7 Å². The molecule has 35 heavy (non-hydrogen) atoms. The van der Waals surface area contributed by atoms with Crippen LogP contribution in [-0.4, -0.2) is 49.8 Å². The van der Waals surface area contributed by atoms with Crippen LogP contribution in [0, 0.1) is 11.3 Å². The topological polar surface area (TPSA) is 205 Å². The molecule has 13 heteroatoms. The van der Waals surface area contributed by atoms with Crippen LogP contribution in [0.1, 0.15) is 13.3 Å². The number of carbonyl (C=O) groups is 1. The maximum Gasteiger partial charge on any atom is 0.311 e. The van der Waals surface area contributed by atoms with Crippen LogP contribution in [0.3, 0.4) is 0 Å². The Bertz CT molecular complexity index is 1340. The average Bonchev–Trinajstić information content (AvgIpc) is 2.70. The number of rotatable bonds is 9. The van der Waals surface area contributed by atoms with E-state index in [9.17, 15) is 35.8 Å². The Balaban J connectivity index is 4.25. The van der Waals surface area contributed by atoms with Gasteiger partial charge in [-0.3, -0.25) is 13.9 Å². The summed E-state index contributed by atoms with van der Waals surface area (Å²) >= 11 is 0. The Morgan fingerprint density at radius 1 is 1.26 bits per heavy atom. The Morgan fingerprint density at radius 2 is 1.83 bits per heavy atom. The summed E-state index contributed by atoms with van der Waals surface area (Å²) < 4.78 is 72.2. The van der Waals surface area contributed by atoms with Crippen LogP contribution in [0.25, 0.3) is 0 Å². The van der Waals surface area contributed by atoms with Crippen LogP contribution in [-0.2, 0) is 29.8 Å². The van der Waals surface area contributed by atoms with Crippen LogP contribution in [0.2, 0.25) is 0 Å². The highest BCUT2D eigenvalue weighted by atomic mass is 32.2. The SMILES string of the molecule is C=C/C1=C(\C(=C)C(CC(=C)C)C(=O)O)C(=C)/C=C\C(N)=C(\S(=O)(=O)O)CO\C1=C(\C=N)S(=O)(=O)O. The van der Waals surface area contributed by atoms with Gasteiger partial charge in [-0.05, 0) is 36.1 Å². The predicted octanol–water partition coefficient (Wildman–Crippen LogP) is 2.64. The zero-order valence-corrected chi connectivity index (χ0v) is 20.4.